The Morgan fingerprint density at radius 2 is 1.86 bits per heavy atom. The maximum atomic E-state index is 7.91. The SMILES string of the molecule is C[I-](C)(C)N=[N+]=[N-]. The van der Waals surface area contributed by atoms with Crippen LogP contribution in [0.5, 0.6) is 0 Å². The van der Waals surface area contributed by atoms with E-state index in [1.54, 1.807) is 0 Å². The first-order valence-electron chi connectivity index (χ1n) is 1.70. The van der Waals surface area contributed by atoms with E-state index in [0.717, 1.165) is 0 Å². The fourth-order valence-electron chi connectivity index (χ4n) is 0.101. The fraction of sp³-hybridized carbons (Fsp3) is 1.00. The molecule has 0 atom stereocenters. The summed E-state index contributed by atoms with van der Waals surface area (Å²) < 4.78 is 3.62. The van der Waals surface area contributed by atoms with Crippen molar-refractivity contribution in [2.45, 2.75) is 0 Å². The van der Waals surface area contributed by atoms with Crippen molar-refractivity contribution in [3.05, 3.63) is 10.4 Å². The van der Waals surface area contributed by atoms with Crippen LogP contribution in [0.25, 0.3) is 10.4 Å². The summed E-state index contributed by atoms with van der Waals surface area (Å²) in [4.78, 5) is 8.81. The van der Waals surface area contributed by atoms with Crippen LogP contribution in [0.2, 0.25) is 0 Å². The zero-order valence-electron chi connectivity index (χ0n) is 4.72. The summed E-state index contributed by atoms with van der Waals surface area (Å²) in [7, 11) is 0. The molecule has 0 aromatic carbocycles. The van der Waals surface area contributed by atoms with Crippen molar-refractivity contribution >= 4 is 0 Å². The van der Waals surface area contributed by atoms with Crippen molar-refractivity contribution in [1.82, 2.24) is 0 Å². The summed E-state index contributed by atoms with van der Waals surface area (Å²) >= 11 is -1.81. The van der Waals surface area contributed by atoms with Gasteiger partial charge in [0.15, 0.2) is 0 Å². The summed E-state index contributed by atoms with van der Waals surface area (Å²) in [6.45, 7) is 0. The predicted molar refractivity (Wildman–Crippen MR) is 26.9 cm³/mol. The van der Waals surface area contributed by atoms with Crippen LogP contribution in [0.15, 0.2) is 3.33 Å². The predicted octanol–water partition coefficient (Wildman–Crippen LogP) is -1.74. The number of alkyl halides is 3. The summed E-state index contributed by atoms with van der Waals surface area (Å²) in [6.07, 6.45) is 0. The summed E-state index contributed by atoms with van der Waals surface area (Å²) in [5, 5.41) is 0. The summed E-state index contributed by atoms with van der Waals surface area (Å²) in [5.41, 5.74) is 7.91. The molecule has 0 aliphatic carbocycles. The van der Waals surface area contributed by atoms with Gasteiger partial charge in [0.25, 0.3) is 0 Å². The van der Waals surface area contributed by atoms with Crippen LogP contribution >= 0.6 is 0 Å². The van der Waals surface area contributed by atoms with Gasteiger partial charge < -0.3 is 0 Å². The quantitative estimate of drug-likeness (QED) is 0.163. The molecule has 3 nitrogen and oxygen atoms in total. The monoisotopic (exact) mass is 214 g/mol. The normalized spacial score (nSPS) is 12.4. The van der Waals surface area contributed by atoms with E-state index in [1.165, 1.54) is 0 Å². The first-order chi connectivity index (χ1) is 3.06. The van der Waals surface area contributed by atoms with Crippen LogP contribution < -0.4 is 18.7 Å². The van der Waals surface area contributed by atoms with E-state index < -0.39 is 18.7 Å². The Kier molecular flexibility index (Phi) is 2.39. The van der Waals surface area contributed by atoms with E-state index in [4.69, 9.17) is 5.53 Å². The Morgan fingerprint density at radius 1 is 1.43 bits per heavy atom. The van der Waals surface area contributed by atoms with Gasteiger partial charge in [0.2, 0.25) is 0 Å². The van der Waals surface area contributed by atoms with Crippen molar-refractivity contribution in [2.75, 3.05) is 14.8 Å². The minimum atomic E-state index is -1.81. The van der Waals surface area contributed by atoms with Crippen molar-refractivity contribution in [3.63, 3.8) is 0 Å². The third-order valence-corrected chi connectivity index (χ3v) is 1.75. The van der Waals surface area contributed by atoms with Gasteiger partial charge in [-0.15, -0.1) is 0 Å². The number of rotatable bonds is 1. The molecule has 7 heavy (non-hydrogen) atoms. The molecule has 0 bridgehead atoms. The molecule has 0 fully saturated rings. The molecule has 0 amide bonds. The zero-order chi connectivity index (χ0) is 5.91. The van der Waals surface area contributed by atoms with E-state index >= 15 is 0 Å². The molecule has 0 aliphatic heterocycles. The first-order valence-corrected chi connectivity index (χ1v) is 9.14. The fourth-order valence-corrected chi connectivity index (χ4v) is 0.680. The molecule has 0 rings (SSSR count). The van der Waals surface area contributed by atoms with Crippen molar-refractivity contribution in [3.8, 4) is 0 Å². The minimum absolute atomic E-state index is 1.81. The molecule has 44 valence electrons. The van der Waals surface area contributed by atoms with Gasteiger partial charge >= 0.3 is 47.3 Å². The standard InChI is InChI=1S/C3H9IN3/c1-4(2,3)6-7-5/h1-3H3/q-1. The number of hydrogen-bond acceptors (Lipinski definition) is 1. The van der Waals surface area contributed by atoms with Crippen LogP contribution in [-0.4, -0.2) is 14.8 Å². The van der Waals surface area contributed by atoms with Gasteiger partial charge in [0.1, 0.15) is 0 Å². The summed E-state index contributed by atoms with van der Waals surface area (Å²) in [5.74, 6) is 0. The molecule has 0 aromatic rings. The third kappa shape index (κ3) is 6.04. The van der Waals surface area contributed by atoms with E-state index in [1.807, 2.05) is 14.8 Å². The first kappa shape index (κ1) is 7.04. The third-order valence-electron chi connectivity index (χ3n) is 0.261. The maximum absolute atomic E-state index is 7.91. The van der Waals surface area contributed by atoms with Crippen LogP contribution in [0.3, 0.4) is 0 Å². The van der Waals surface area contributed by atoms with Gasteiger partial charge in [-0.3, -0.25) is 0 Å². The molecule has 0 saturated heterocycles. The average Bonchev–Trinajstić information content (AvgIpc) is 1.30. The van der Waals surface area contributed by atoms with Gasteiger partial charge in [-0.1, -0.05) is 0 Å². The van der Waals surface area contributed by atoms with Crippen molar-refractivity contribution in [1.29, 1.82) is 0 Å². The molecular formula is C3H9IN3-. The van der Waals surface area contributed by atoms with E-state index in [-0.39, 0.29) is 0 Å². The molecule has 0 aromatic heterocycles. The average molecular weight is 214 g/mol. The van der Waals surface area contributed by atoms with Gasteiger partial charge in [-0.05, 0) is 0 Å². The topological polar surface area (TPSA) is 48.8 Å². The molecule has 0 unspecified atom stereocenters. The molecule has 0 heterocycles. The Bertz CT molecular complexity index is 97.2. The summed E-state index contributed by atoms with van der Waals surface area (Å²) in [6, 6.07) is 0. The van der Waals surface area contributed by atoms with Crippen LogP contribution in [0, 0.1) is 0 Å². The van der Waals surface area contributed by atoms with E-state index in [9.17, 15) is 0 Å². The van der Waals surface area contributed by atoms with Crippen molar-refractivity contribution in [2.24, 2.45) is 3.33 Å². The molecule has 0 N–H and O–H groups in total. The molecule has 0 saturated carbocycles. The van der Waals surface area contributed by atoms with Crippen LogP contribution in [0.1, 0.15) is 0 Å². The van der Waals surface area contributed by atoms with E-state index in [2.05, 4.69) is 8.24 Å². The van der Waals surface area contributed by atoms with E-state index in [0.29, 0.717) is 0 Å². The second-order valence-corrected chi connectivity index (χ2v) is 11.6. The van der Waals surface area contributed by atoms with Crippen LogP contribution in [0.4, 0.5) is 0 Å². The second kappa shape index (κ2) is 2.37. The Hall–Kier alpha value is 0.0400. The van der Waals surface area contributed by atoms with Crippen molar-refractivity contribution < 1.29 is 18.7 Å². The number of halogens is 1. The van der Waals surface area contributed by atoms with Crippen LogP contribution in [-0.2, 0) is 0 Å². The molecule has 0 radical (unpaired) electrons. The zero-order valence-corrected chi connectivity index (χ0v) is 6.88. The number of nitrogens with zero attached hydrogens (tertiary/aromatic N) is 3. The second-order valence-electron chi connectivity index (χ2n) is 1.81. The van der Waals surface area contributed by atoms with Gasteiger partial charge in [-0.25, -0.2) is 0 Å². The molecule has 0 spiro atoms. The Balaban J connectivity index is 3.80. The Labute approximate surface area is 47.6 Å². The number of hydrogen-bond donors (Lipinski definition) is 0. The molecule has 4 heteroatoms. The Morgan fingerprint density at radius 3 is 1.86 bits per heavy atom. The van der Waals surface area contributed by atoms with Gasteiger partial charge in [-0.2, -0.15) is 0 Å². The van der Waals surface area contributed by atoms with Gasteiger partial charge in [0, 0.05) is 0 Å². The molecule has 0 aliphatic rings. The van der Waals surface area contributed by atoms with Gasteiger partial charge in [0.05, 0.1) is 0 Å². The number of azide groups is 1. The molecular weight excluding hydrogens is 205 g/mol.